The Morgan fingerprint density at radius 2 is 1.80 bits per heavy atom. The second-order valence-electron chi connectivity index (χ2n) is 6.89. The van der Waals surface area contributed by atoms with Gasteiger partial charge >= 0.3 is 0 Å². The van der Waals surface area contributed by atoms with Crippen LogP contribution in [0.5, 0.6) is 5.75 Å². The number of ether oxygens (including phenoxy) is 1. The number of thiazole rings is 1. The van der Waals surface area contributed by atoms with Crippen LogP contribution in [0.1, 0.15) is 16.3 Å². The lowest BCUT2D eigenvalue weighted by molar-refractivity contribution is 0.0962. The highest BCUT2D eigenvalue weighted by Gasteiger charge is 2.20. The molecule has 0 radical (unpaired) electrons. The molecular weight excluding hydrogens is 396 g/mol. The molecule has 6 heteroatoms. The predicted molar refractivity (Wildman–Crippen MR) is 119 cm³/mol. The van der Waals surface area contributed by atoms with Crippen LogP contribution in [-0.2, 0) is 6.61 Å². The lowest BCUT2D eigenvalue weighted by Gasteiger charge is -2.11. The molecule has 2 heterocycles. The van der Waals surface area contributed by atoms with Crippen LogP contribution in [-0.4, -0.2) is 17.9 Å². The maximum atomic E-state index is 12.8. The molecule has 0 aliphatic carbocycles. The van der Waals surface area contributed by atoms with E-state index in [2.05, 4.69) is 11.1 Å². The van der Waals surface area contributed by atoms with E-state index in [-0.39, 0.29) is 18.3 Å². The number of para-hydroxylation sites is 1. The number of amides is 1. The van der Waals surface area contributed by atoms with E-state index in [1.54, 1.807) is 19.2 Å². The Labute approximate surface area is 177 Å². The molecule has 30 heavy (non-hydrogen) atoms. The van der Waals surface area contributed by atoms with Crippen molar-refractivity contribution in [2.45, 2.75) is 6.61 Å². The van der Waals surface area contributed by atoms with Crippen LogP contribution in [0.25, 0.3) is 21.0 Å². The summed E-state index contributed by atoms with van der Waals surface area (Å²) in [7, 11) is 1.70. The summed E-state index contributed by atoms with van der Waals surface area (Å²) < 4.78 is 12.6. The molecule has 5 nitrogen and oxygen atoms in total. The minimum Gasteiger partial charge on any atom is -0.486 e. The topological polar surface area (TPSA) is 55.6 Å². The lowest BCUT2D eigenvalue weighted by Crippen LogP contribution is -2.25. The fraction of sp³-hybridized carbons (Fsp3) is 0.0833. The van der Waals surface area contributed by atoms with Gasteiger partial charge in [0.2, 0.25) is 0 Å². The summed E-state index contributed by atoms with van der Waals surface area (Å²) in [4.78, 5) is 18.8. The van der Waals surface area contributed by atoms with Crippen molar-refractivity contribution in [2.24, 2.45) is 0 Å². The Morgan fingerprint density at radius 1 is 1.00 bits per heavy atom. The van der Waals surface area contributed by atoms with Gasteiger partial charge in [-0.05, 0) is 47.2 Å². The zero-order valence-electron chi connectivity index (χ0n) is 16.2. The molecule has 0 aliphatic rings. The van der Waals surface area contributed by atoms with Crippen LogP contribution in [0.3, 0.4) is 0 Å². The van der Waals surface area contributed by atoms with E-state index >= 15 is 0 Å². The first-order valence-corrected chi connectivity index (χ1v) is 10.3. The Bertz CT molecular complexity index is 1320. The van der Waals surface area contributed by atoms with Crippen LogP contribution in [0.15, 0.2) is 83.3 Å². The van der Waals surface area contributed by atoms with Gasteiger partial charge in [-0.25, -0.2) is 4.98 Å². The van der Waals surface area contributed by atoms with E-state index in [4.69, 9.17) is 9.15 Å². The van der Waals surface area contributed by atoms with Gasteiger partial charge in [0, 0.05) is 7.05 Å². The molecule has 0 atom stereocenters. The van der Waals surface area contributed by atoms with Crippen molar-refractivity contribution in [3.63, 3.8) is 0 Å². The van der Waals surface area contributed by atoms with E-state index in [1.165, 1.54) is 16.2 Å². The van der Waals surface area contributed by atoms with Crippen molar-refractivity contribution in [1.82, 2.24) is 4.98 Å². The van der Waals surface area contributed by atoms with E-state index in [1.807, 2.05) is 60.7 Å². The molecule has 0 unspecified atom stereocenters. The molecule has 1 amide bonds. The van der Waals surface area contributed by atoms with Crippen molar-refractivity contribution >= 4 is 43.4 Å². The molecular formula is C24H18N2O3S. The molecule has 0 saturated heterocycles. The molecule has 5 aromatic rings. The molecule has 5 rings (SSSR count). The number of aromatic nitrogens is 1. The number of furan rings is 1. The van der Waals surface area contributed by atoms with Gasteiger partial charge in [-0.2, -0.15) is 0 Å². The van der Waals surface area contributed by atoms with Crippen molar-refractivity contribution in [3.05, 3.63) is 90.4 Å². The number of anilines is 1. The van der Waals surface area contributed by atoms with E-state index in [9.17, 15) is 4.79 Å². The summed E-state index contributed by atoms with van der Waals surface area (Å²) in [5.41, 5.74) is 0.876. The summed E-state index contributed by atoms with van der Waals surface area (Å²) >= 11 is 1.47. The summed E-state index contributed by atoms with van der Waals surface area (Å²) in [6.45, 7) is 0.247. The number of hydrogen-bond acceptors (Lipinski definition) is 5. The zero-order valence-corrected chi connectivity index (χ0v) is 17.1. The van der Waals surface area contributed by atoms with Gasteiger partial charge in [0.15, 0.2) is 10.9 Å². The maximum Gasteiger partial charge on any atom is 0.295 e. The average molecular weight is 414 g/mol. The first kappa shape index (κ1) is 18.4. The van der Waals surface area contributed by atoms with E-state index < -0.39 is 0 Å². The minimum absolute atomic E-state index is 0.244. The Hall–Kier alpha value is -3.64. The van der Waals surface area contributed by atoms with Crippen molar-refractivity contribution in [3.8, 4) is 5.75 Å². The number of fused-ring (bicyclic) bond motifs is 2. The van der Waals surface area contributed by atoms with Crippen LogP contribution < -0.4 is 9.64 Å². The predicted octanol–water partition coefficient (Wildman–Crippen LogP) is 5.90. The lowest BCUT2D eigenvalue weighted by atomic mass is 10.1. The Kier molecular flexibility index (Phi) is 4.69. The smallest absolute Gasteiger partial charge is 0.295 e. The molecule has 0 aliphatic heterocycles. The van der Waals surface area contributed by atoms with Crippen molar-refractivity contribution in [1.29, 1.82) is 0 Å². The van der Waals surface area contributed by atoms with Crippen LogP contribution in [0.2, 0.25) is 0 Å². The highest BCUT2D eigenvalue weighted by Crippen LogP contribution is 2.29. The average Bonchev–Trinajstić information content (AvgIpc) is 3.43. The molecule has 0 spiro atoms. The Morgan fingerprint density at radius 3 is 2.67 bits per heavy atom. The first-order chi connectivity index (χ1) is 14.7. The van der Waals surface area contributed by atoms with Crippen molar-refractivity contribution in [2.75, 3.05) is 11.9 Å². The second-order valence-corrected chi connectivity index (χ2v) is 7.90. The zero-order chi connectivity index (χ0) is 20.5. The fourth-order valence-corrected chi connectivity index (χ4v) is 4.16. The highest BCUT2D eigenvalue weighted by atomic mass is 32.1. The van der Waals surface area contributed by atoms with Gasteiger partial charge in [0.05, 0.1) is 10.2 Å². The molecule has 2 aromatic heterocycles. The molecule has 0 N–H and O–H groups in total. The summed E-state index contributed by atoms with van der Waals surface area (Å²) in [6, 6.07) is 25.3. The maximum absolute atomic E-state index is 12.8. The van der Waals surface area contributed by atoms with Crippen molar-refractivity contribution < 1.29 is 13.9 Å². The number of benzene rings is 3. The number of rotatable bonds is 5. The van der Waals surface area contributed by atoms with Gasteiger partial charge in [-0.1, -0.05) is 53.8 Å². The fourth-order valence-electron chi connectivity index (χ4n) is 3.24. The summed E-state index contributed by atoms with van der Waals surface area (Å²) in [5.74, 6) is 1.36. The van der Waals surface area contributed by atoms with Crippen LogP contribution in [0, 0.1) is 0 Å². The molecule has 0 fully saturated rings. The van der Waals surface area contributed by atoms with Crippen LogP contribution >= 0.6 is 11.3 Å². The quantitative estimate of drug-likeness (QED) is 0.359. The van der Waals surface area contributed by atoms with Gasteiger partial charge in [0.1, 0.15) is 18.1 Å². The summed E-state index contributed by atoms with van der Waals surface area (Å²) in [5, 5.41) is 2.91. The van der Waals surface area contributed by atoms with Gasteiger partial charge in [-0.3, -0.25) is 9.69 Å². The largest absolute Gasteiger partial charge is 0.486 e. The number of carbonyl (C=O) groups is 1. The van der Waals surface area contributed by atoms with Gasteiger partial charge < -0.3 is 9.15 Å². The number of hydrogen-bond donors (Lipinski definition) is 0. The summed E-state index contributed by atoms with van der Waals surface area (Å²) in [6.07, 6.45) is 0. The number of carbonyl (C=O) groups excluding carboxylic acids is 1. The Balaban J connectivity index is 1.28. The third kappa shape index (κ3) is 3.53. The highest BCUT2D eigenvalue weighted by molar-refractivity contribution is 7.22. The molecule has 3 aromatic carbocycles. The van der Waals surface area contributed by atoms with E-state index in [0.29, 0.717) is 10.9 Å². The molecule has 0 bridgehead atoms. The normalized spacial score (nSPS) is 11.1. The molecule has 148 valence electrons. The third-order valence-corrected chi connectivity index (χ3v) is 5.96. The second kappa shape index (κ2) is 7.65. The minimum atomic E-state index is -0.244. The van der Waals surface area contributed by atoms with Gasteiger partial charge in [-0.15, -0.1) is 0 Å². The number of nitrogens with zero attached hydrogens (tertiary/aromatic N) is 2. The van der Waals surface area contributed by atoms with Crippen LogP contribution in [0.4, 0.5) is 5.13 Å². The first-order valence-electron chi connectivity index (χ1n) is 9.51. The SMILES string of the molecule is CN(C(=O)c1ccc(COc2ccc3ccccc3c2)o1)c1nc2ccccc2s1. The van der Waals surface area contributed by atoms with Gasteiger partial charge in [0.25, 0.3) is 5.91 Å². The van der Waals surface area contributed by atoms with E-state index in [0.717, 1.165) is 26.7 Å². The molecule has 0 saturated carbocycles. The monoisotopic (exact) mass is 414 g/mol. The standard InChI is InChI=1S/C24H18N2O3S/c1-26(24-25-20-8-4-5-9-22(20)30-24)23(27)21-13-12-19(29-21)15-28-18-11-10-16-6-2-3-7-17(16)14-18/h2-14H,15H2,1H3. The third-order valence-electron chi connectivity index (χ3n) is 4.85.